The standard InChI is InChI=1S/C23H18F7N3O5/c1-10-8-31-11(2)7-12(10)33-21(34)16-15(9-32-20(19(16)36-4)22(25,26)27)37-14-6-5-13(38-23(28,29)30)17(24)18(14)35-3/h5-9H,1-4H3,(H,31,33,34). The smallest absolute Gasteiger partial charge is 0.493 e. The average Bonchev–Trinajstić information content (AvgIpc) is 2.81. The number of alkyl halides is 6. The zero-order chi connectivity index (χ0) is 28.4. The third-order valence-electron chi connectivity index (χ3n) is 4.86. The summed E-state index contributed by atoms with van der Waals surface area (Å²) in [5.74, 6) is -7.18. The number of hydrogen-bond donors (Lipinski definition) is 1. The van der Waals surface area contributed by atoms with Crippen LogP contribution in [0.2, 0.25) is 0 Å². The van der Waals surface area contributed by atoms with Gasteiger partial charge < -0.3 is 24.3 Å². The predicted molar refractivity (Wildman–Crippen MR) is 117 cm³/mol. The molecule has 0 saturated heterocycles. The lowest BCUT2D eigenvalue weighted by Gasteiger charge is -2.20. The Kier molecular flexibility index (Phi) is 7.88. The van der Waals surface area contributed by atoms with E-state index in [2.05, 4.69) is 20.0 Å². The summed E-state index contributed by atoms with van der Waals surface area (Å²) in [6.07, 6.45) is -8.33. The van der Waals surface area contributed by atoms with Crippen LogP contribution in [-0.4, -0.2) is 36.5 Å². The predicted octanol–water partition coefficient (Wildman–Crippen LogP) is 6.21. The molecule has 8 nitrogen and oxygen atoms in total. The van der Waals surface area contributed by atoms with Gasteiger partial charge in [-0.15, -0.1) is 13.2 Å². The number of nitrogens with one attached hydrogen (secondary N) is 1. The molecule has 0 atom stereocenters. The second kappa shape index (κ2) is 10.6. The van der Waals surface area contributed by atoms with E-state index in [1.165, 1.54) is 12.3 Å². The van der Waals surface area contributed by atoms with Gasteiger partial charge in [0, 0.05) is 17.6 Å². The molecule has 204 valence electrons. The Morgan fingerprint density at radius 1 is 0.895 bits per heavy atom. The highest BCUT2D eigenvalue weighted by atomic mass is 19.4. The largest absolute Gasteiger partial charge is 0.573 e. The van der Waals surface area contributed by atoms with Crippen molar-refractivity contribution >= 4 is 11.6 Å². The van der Waals surface area contributed by atoms with Crippen molar-refractivity contribution in [3.8, 4) is 28.7 Å². The Morgan fingerprint density at radius 2 is 1.53 bits per heavy atom. The molecule has 0 aliphatic carbocycles. The minimum Gasteiger partial charge on any atom is -0.493 e. The molecule has 1 amide bonds. The maximum absolute atomic E-state index is 14.7. The summed E-state index contributed by atoms with van der Waals surface area (Å²) in [7, 11) is 1.76. The van der Waals surface area contributed by atoms with E-state index in [1.807, 2.05) is 0 Å². The van der Waals surface area contributed by atoms with Crippen molar-refractivity contribution < 1.29 is 54.5 Å². The van der Waals surface area contributed by atoms with Crippen LogP contribution < -0.4 is 24.3 Å². The molecule has 3 rings (SSSR count). The van der Waals surface area contributed by atoms with Gasteiger partial charge in [0.2, 0.25) is 11.6 Å². The molecular weight excluding hydrogens is 531 g/mol. The normalized spacial score (nSPS) is 11.7. The lowest BCUT2D eigenvalue weighted by Crippen LogP contribution is -2.19. The highest BCUT2D eigenvalue weighted by Gasteiger charge is 2.40. The molecule has 0 bridgehead atoms. The highest BCUT2D eigenvalue weighted by Crippen LogP contribution is 2.44. The number of halogens is 7. The molecule has 0 aliphatic heterocycles. The molecule has 0 spiro atoms. The van der Waals surface area contributed by atoms with E-state index in [0.717, 1.165) is 20.3 Å². The second-order valence-electron chi connectivity index (χ2n) is 7.53. The Hall–Kier alpha value is -4.30. The summed E-state index contributed by atoms with van der Waals surface area (Å²) in [6.45, 7) is 3.20. The molecule has 3 aromatic rings. The van der Waals surface area contributed by atoms with Crippen molar-refractivity contribution in [1.82, 2.24) is 9.97 Å². The van der Waals surface area contributed by atoms with Gasteiger partial charge in [0.05, 0.1) is 20.4 Å². The molecule has 0 saturated carbocycles. The SMILES string of the molecule is COc1c(Oc2cnc(C(F)(F)F)c(OC)c2C(=O)Nc2cc(C)ncc2C)ccc(OC(F)(F)F)c1F. The number of hydrogen-bond acceptors (Lipinski definition) is 7. The van der Waals surface area contributed by atoms with Crippen LogP contribution in [0.5, 0.6) is 28.7 Å². The van der Waals surface area contributed by atoms with Crippen molar-refractivity contribution in [3.63, 3.8) is 0 Å². The summed E-state index contributed by atoms with van der Waals surface area (Å²) in [5, 5.41) is 2.44. The van der Waals surface area contributed by atoms with Crippen molar-refractivity contribution in [1.29, 1.82) is 0 Å². The summed E-state index contributed by atoms with van der Waals surface area (Å²) in [6, 6.07) is 2.81. The Bertz CT molecular complexity index is 1360. The maximum Gasteiger partial charge on any atom is 0.573 e. The van der Waals surface area contributed by atoms with E-state index >= 15 is 0 Å². The fourth-order valence-electron chi connectivity index (χ4n) is 3.23. The molecule has 1 aromatic carbocycles. The molecule has 0 radical (unpaired) electrons. The molecule has 2 aromatic heterocycles. The molecule has 15 heteroatoms. The Morgan fingerprint density at radius 3 is 2.11 bits per heavy atom. The third-order valence-corrected chi connectivity index (χ3v) is 4.86. The number of amides is 1. The number of carbonyl (C=O) groups excluding carboxylic acids is 1. The molecule has 2 heterocycles. The fourth-order valence-corrected chi connectivity index (χ4v) is 3.23. The summed E-state index contributed by atoms with van der Waals surface area (Å²) >= 11 is 0. The number of pyridine rings is 2. The van der Waals surface area contributed by atoms with Crippen LogP contribution in [0, 0.1) is 19.7 Å². The van der Waals surface area contributed by atoms with E-state index in [1.54, 1.807) is 13.8 Å². The van der Waals surface area contributed by atoms with E-state index in [4.69, 9.17) is 14.2 Å². The Labute approximate surface area is 210 Å². The molecule has 38 heavy (non-hydrogen) atoms. The van der Waals surface area contributed by atoms with E-state index in [9.17, 15) is 35.5 Å². The number of methoxy groups -OCH3 is 2. The second-order valence-corrected chi connectivity index (χ2v) is 7.53. The monoisotopic (exact) mass is 549 g/mol. The highest BCUT2D eigenvalue weighted by molar-refractivity contribution is 6.08. The van der Waals surface area contributed by atoms with Gasteiger partial charge in [-0.1, -0.05) is 0 Å². The first kappa shape index (κ1) is 28.3. The average molecular weight is 549 g/mol. The lowest BCUT2D eigenvalue weighted by atomic mass is 10.1. The maximum atomic E-state index is 14.7. The molecule has 0 fully saturated rings. The van der Waals surface area contributed by atoms with Crippen LogP contribution in [-0.2, 0) is 6.18 Å². The van der Waals surface area contributed by atoms with Crippen LogP contribution in [0.25, 0.3) is 0 Å². The topological polar surface area (TPSA) is 91.8 Å². The molecule has 0 unspecified atom stereocenters. The first-order valence-corrected chi connectivity index (χ1v) is 10.3. The number of benzene rings is 1. The number of rotatable bonds is 7. The van der Waals surface area contributed by atoms with Crippen molar-refractivity contribution in [2.24, 2.45) is 0 Å². The van der Waals surface area contributed by atoms with Crippen LogP contribution >= 0.6 is 0 Å². The number of aryl methyl sites for hydroxylation is 2. The quantitative estimate of drug-likeness (QED) is 0.351. The number of anilines is 1. The van der Waals surface area contributed by atoms with Crippen molar-refractivity contribution in [3.05, 3.63) is 58.9 Å². The van der Waals surface area contributed by atoms with Gasteiger partial charge in [-0.25, -0.2) is 4.98 Å². The van der Waals surface area contributed by atoms with Crippen molar-refractivity contribution in [2.75, 3.05) is 19.5 Å². The molecular formula is C23H18F7N3O5. The third kappa shape index (κ3) is 6.15. The van der Waals surface area contributed by atoms with Crippen LogP contribution in [0.1, 0.15) is 27.3 Å². The minimum atomic E-state index is -5.23. The number of nitrogens with zero attached hydrogens (tertiary/aromatic N) is 2. The first-order valence-electron chi connectivity index (χ1n) is 10.3. The zero-order valence-corrected chi connectivity index (χ0v) is 20.0. The number of ether oxygens (including phenoxy) is 4. The summed E-state index contributed by atoms with van der Waals surface area (Å²) in [4.78, 5) is 20.6. The van der Waals surface area contributed by atoms with Gasteiger partial charge in [0.25, 0.3) is 5.91 Å². The van der Waals surface area contributed by atoms with Gasteiger partial charge in [-0.2, -0.15) is 17.6 Å². The summed E-state index contributed by atoms with van der Waals surface area (Å²) < 4.78 is 112. The van der Waals surface area contributed by atoms with E-state index in [-0.39, 0.29) is 5.69 Å². The van der Waals surface area contributed by atoms with Gasteiger partial charge in [0.15, 0.2) is 28.7 Å². The van der Waals surface area contributed by atoms with Crippen LogP contribution in [0.4, 0.5) is 36.4 Å². The summed E-state index contributed by atoms with van der Waals surface area (Å²) in [5.41, 5.74) is -1.19. The Balaban J connectivity index is 2.16. The van der Waals surface area contributed by atoms with Gasteiger partial charge in [-0.3, -0.25) is 9.78 Å². The van der Waals surface area contributed by atoms with Crippen molar-refractivity contribution in [2.45, 2.75) is 26.4 Å². The fraction of sp³-hybridized carbons (Fsp3) is 0.261. The number of aromatic nitrogens is 2. The van der Waals surface area contributed by atoms with E-state index in [0.29, 0.717) is 23.5 Å². The lowest BCUT2D eigenvalue weighted by molar-refractivity contribution is -0.275. The van der Waals surface area contributed by atoms with Crippen LogP contribution in [0.15, 0.2) is 30.6 Å². The van der Waals surface area contributed by atoms with Gasteiger partial charge >= 0.3 is 12.5 Å². The van der Waals surface area contributed by atoms with Crippen LogP contribution in [0.3, 0.4) is 0 Å². The molecule has 0 aliphatic rings. The van der Waals surface area contributed by atoms with Gasteiger partial charge in [0.1, 0.15) is 5.56 Å². The van der Waals surface area contributed by atoms with Gasteiger partial charge in [-0.05, 0) is 37.6 Å². The number of carbonyl (C=O) groups is 1. The zero-order valence-electron chi connectivity index (χ0n) is 20.0. The van der Waals surface area contributed by atoms with E-state index < -0.39 is 64.3 Å². The first-order chi connectivity index (χ1) is 17.7. The molecule has 1 N–H and O–H groups in total. The minimum absolute atomic E-state index is 0.207.